The van der Waals surface area contributed by atoms with Crippen LogP contribution >= 0.6 is 11.6 Å². The average Bonchev–Trinajstić information content (AvgIpc) is 2.87. The zero-order chi connectivity index (χ0) is 28.0. The summed E-state index contributed by atoms with van der Waals surface area (Å²) in [6.07, 6.45) is 0. The van der Waals surface area contributed by atoms with Gasteiger partial charge >= 0.3 is 0 Å². The summed E-state index contributed by atoms with van der Waals surface area (Å²) in [5.41, 5.74) is 2.32. The maximum atomic E-state index is 13.8. The SMILES string of the molecule is CCNC(=O)[C@@H](C)N(Cc1ccc(F)cc1)C(=O)CN(c1ccc(Cl)cc1C)S(=O)(=O)c1ccc(C)cc1. The first kappa shape index (κ1) is 29.1. The molecule has 202 valence electrons. The molecule has 0 aliphatic heterocycles. The van der Waals surface area contributed by atoms with E-state index in [1.807, 2.05) is 6.92 Å². The number of halogens is 2. The van der Waals surface area contributed by atoms with Crippen LogP contribution in [0.1, 0.15) is 30.5 Å². The van der Waals surface area contributed by atoms with Gasteiger partial charge < -0.3 is 10.2 Å². The van der Waals surface area contributed by atoms with E-state index in [2.05, 4.69) is 5.32 Å². The number of aryl methyl sites for hydroxylation is 2. The molecule has 0 saturated heterocycles. The molecule has 0 unspecified atom stereocenters. The number of rotatable bonds is 10. The van der Waals surface area contributed by atoms with Gasteiger partial charge in [-0.3, -0.25) is 13.9 Å². The third kappa shape index (κ3) is 6.90. The number of nitrogens with one attached hydrogen (secondary N) is 1. The van der Waals surface area contributed by atoms with Gasteiger partial charge in [0.05, 0.1) is 10.6 Å². The quantitative estimate of drug-likeness (QED) is 0.385. The fraction of sp³-hybridized carbons (Fsp3) is 0.286. The molecular formula is C28H31ClFN3O4S. The second-order valence-corrected chi connectivity index (χ2v) is 11.3. The number of carbonyl (C=O) groups is 2. The molecule has 1 N–H and O–H groups in total. The summed E-state index contributed by atoms with van der Waals surface area (Å²) in [5.74, 6) is -1.42. The number of carbonyl (C=O) groups excluding carboxylic acids is 2. The lowest BCUT2D eigenvalue weighted by Gasteiger charge is -2.32. The van der Waals surface area contributed by atoms with Crippen molar-refractivity contribution in [1.82, 2.24) is 10.2 Å². The molecule has 1 atom stereocenters. The van der Waals surface area contributed by atoms with E-state index >= 15 is 0 Å². The van der Waals surface area contributed by atoms with Crippen molar-refractivity contribution < 1.29 is 22.4 Å². The molecule has 0 aromatic heterocycles. The van der Waals surface area contributed by atoms with Gasteiger partial charge in [-0.15, -0.1) is 0 Å². The Bertz CT molecular complexity index is 1400. The lowest BCUT2D eigenvalue weighted by Crippen LogP contribution is -2.51. The van der Waals surface area contributed by atoms with Crippen LogP contribution in [0.3, 0.4) is 0 Å². The molecule has 0 spiro atoms. The Kier molecular flexibility index (Phi) is 9.51. The Morgan fingerprint density at radius 2 is 1.63 bits per heavy atom. The van der Waals surface area contributed by atoms with E-state index in [9.17, 15) is 22.4 Å². The van der Waals surface area contributed by atoms with Crippen LogP contribution in [0.5, 0.6) is 0 Å². The normalized spacial score (nSPS) is 12.1. The van der Waals surface area contributed by atoms with E-state index in [4.69, 9.17) is 11.6 Å². The van der Waals surface area contributed by atoms with Gasteiger partial charge in [0, 0.05) is 18.1 Å². The van der Waals surface area contributed by atoms with Gasteiger partial charge in [0.25, 0.3) is 10.0 Å². The number of anilines is 1. The Labute approximate surface area is 228 Å². The smallest absolute Gasteiger partial charge is 0.264 e. The molecule has 0 heterocycles. The minimum absolute atomic E-state index is 0.0184. The topological polar surface area (TPSA) is 86.8 Å². The zero-order valence-electron chi connectivity index (χ0n) is 21.7. The molecule has 3 aromatic rings. The Hall–Kier alpha value is -3.43. The van der Waals surface area contributed by atoms with Gasteiger partial charge in [-0.2, -0.15) is 0 Å². The predicted octanol–water partition coefficient (Wildman–Crippen LogP) is 4.84. The highest BCUT2D eigenvalue weighted by atomic mass is 35.5. The third-order valence-corrected chi connectivity index (χ3v) is 8.11. The van der Waals surface area contributed by atoms with E-state index in [-0.39, 0.29) is 17.1 Å². The summed E-state index contributed by atoms with van der Waals surface area (Å²) in [6.45, 7) is 6.65. The maximum absolute atomic E-state index is 13.8. The summed E-state index contributed by atoms with van der Waals surface area (Å²) in [5, 5.41) is 3.12. The summed E-state index contributed by atoms with van der Waals surface area (Å²) in [4.78, 5) is 27.8. The molecule has 3 rings (SSSR count). The van der Waals surface area contributed by atoms with Crippen LogP contribution < -0.4 is 9.62 Å². The van der Waals surface area contributed by atoms with Gasteiger partial charge in [-0.05, 0) is 81.3 Å². The van der Waals surface area contributed by atoms with Crippen LogP contribution in [-0.4, -0.2) is 44.3 Å². The lowest BCUT2D eigenvalue weighted by molar-refractivity contribution is -0.139. The Morgan fingerprint density at radius 1 is 1.00 bits per heavy atom. The highest BCUT2D eigenvalue weighted by Gasteiger charge is 2.33. The van der Waals surface area contributed by atoms with Crippen LogP contribution in [0.4, 0.5) is 10.1 Å². The molecule has 0 aliphatic rings. The molecule has 10 heteroatoms. The summed E-state index contributed by atoms with van der Waals surface area (Å²) < 4.78 is 42.2. The first-order chi connectivity index (χ1) is 17.9. The molecule has 0 bridgehead atoms. The first-order valence-electron chi connectivity index (χ1n) is 12.1. The molecule has 0 saturated carbocycles. The van der Waals surface area contributed by atoms with Gasteiger partial charge in [0.15, 0.2) is 0 Å². The highest BCUT2D eigenvalue weighted by molar-refractivity contribution is 7.92. The second-order valence-electron chi connectivity index (χ2n) is 8.97. The standard InChI is InChI=1S/C28H31ClFN3O4S/c1-5-31-28(35)21(4)32(17-22-8-11-24(30)12-9-22)27(34)18-33(26-15-10-23(29)16-20(26)3)38(36,37)25-13-6-19(2)7-14-25/h6-16,21H,5,17-18H2,1-4H3,(H,31,35)/t21-/m1/s1. The lowest BCUT2D eigenvalue weighted by atomic mass is 10.1. The number of nitrogens with zero attached hydrogens (tertiary/aromatic N) is 2. The van der Waals surface area contributed by atoms with Crippen molar-refractivity contribution in [1.29, 1.82) is 0 Å². The molecule has 7 nitrogen and oxygen atoms in total. The van der Waals surface area contributed by atoms with E-state index < -0.39 is 40.2 Å². The maximum Gasteiger partial charge on any atom is 0.264 e. The van der Waals surface area contributed by atoms with Crippen molar-refractivity contribution in [2.24, 2.45) is 0 Å². The van der Waals surface area contributed by atoms with Crippen LogP contribution in [0, 0.1) is 19.7 Å². The van der Waals surface area contributed by atoms with E-state index in [0.717, 1.165) is 9.87 Å². The van der Waals surface area contributed by atoms with Crippen LogP contribution in [0.25, 0.3) is 0 Å². The number of hydrogen-bond acceptors (Lipinski definition) is 4. The molecule has 3 aromatic carbocycles. The van der Waals surface area contributed by atoms with Gasteiger partial charge in [-0.1, -0.05) is 41.4 Å². The average molecular weight is 560 g/mol. The molecule has 0 aliphatic carbocycles. The van der Waals surface area contributed by atoms with Crippen molar-refractivity contribution in [3.63, 3.8) is 0 Å². The van der Waals surface area contributed by atoms with Crippen LogP contribution in [0.15, 0.2) is 71.6 Å². The van der Waals surface area contributed by atoms with Crippen LogP contribution in [0.2, 0.25) is 5.02 Å². The fourth-order valence-electron chi connectivity index (χ4n) is 3.94. The Balaban J connectivity index is 2.06. The van der Waals surface area contributed by atoms with Crippen molar-refractivity contribution in [2.75, 3.05) is 17.4 Å². The minimum Gasteiger partial charge on any atom is -0.355 e. The highest BCUT2D eigenvalue weighted by Crippen LogP contribution is 2.29. The first-order valence-corrected chi connectivity index (χ1v) is 13.9. The zero-order valence-corrected chi connectivity index (χ0v) is 23.3. The molecule has 38 heavy (non-hydrogen) atoms. The second kappa shape index (κ2) is 12.4. The van der Waals surface area contributed by atoms with Gasteiger partial charge in [0.1, 0.15) is 18.4 Å². The molecule has 0 radical (unpaired) electrons. The minimum atomic E-state index is -4.18. The molecule has 2 amide bonds. The van der Waals surface area contributed by atoms with Gasteiger partial charge in [-0.25, -0.2) is 12.8 Å². The fourth-order valence-corrected chi connectivity index (χ4v) is 5.65. The van der Waals surface area contributed by atoms with Crippen molar-refractivity contribution in [2.45, 2.75) is 45.2 Å². The van der Waals surface area contributed by atoms with Crippen molar-refractivity contribution in [3.05, 3.63) is 94.3 Å². The number of benzene rings is 3. The van der Waals surface area contributed by atoms with Gasteiger partial charge in [0.2, 0.25) is 11.8 Å². The molecule has 0 fully saturated rings. The van der Waals surface area contributed by atoms with E-state index in [1.165, 1.54) is 41.3 Å². The summed E-state index contributed by atoms with van der Waals surface area (Å²) in [6, 6.07) is 15.7. The Morgan fingerprint density at radius 3 is 2.21 bits per heavy atom. The van der Waals surface area contributed by atoms with Crippen LogP contribution in [-0.2, 0) is 26.2 Å². The van der Waals surface area contributed by atoms with Crippen molar-refractivity contribution in [3.8, 4) is 0 Å². The number of hydrogen-bond donors (Lipinski definition) is 1. The number of sulfonamides is 1. The monoisotopic (exact) mass is 559 g/mol. The third-order valence-electron chi connectivity index (χ3n) is 6.10. The largest absolute Gasteiger partial charge is 0.355 e. The van der Waals surface area contributed by atoms with E-state index in [0.29, 0.717) is 22.7 Å². The van der Waals surface area contributed by atoms with E-state index in [1.54, 1.807) is 51.1 Å². The van der Waals surface area contributed by atoms with Crippen molar-refractivity contribution >= 4 is 39.1 Å². The predicted molar refractivity (Wildman–Crippen MR) is 147 cm³/mol. The molecular weight excluding hydrogens is 529 g/mol. The summed E-state index contributed by atoms with van der Waals surface area (Å²) in [7, 11) is -4.18. The number of amides is 2. The summed E-state index contributed by atoms with van der Waals surface area (Å²) >= 11 is 6.12. The number of likely N-dealkylation sites (N-methyl/N-ethyl adjacent to an activating group) is 1.